The first-order chi connectivity index (χ1) is 24.4. The third-order valence-corrected chi connectivity index (χ3v) is 10.8. The largest absolute Gasteiger partial charge is 0.325 e. The highest BCUT2D eigenvalue weighted by Crippen LogP contribution is 2.28. The topological polar surface area (TPSA) is 156 Å². The van der Waals surface area contributed by atoms with Crippen LogP contribution >= 0.6 is 22.7 Å². The summed E-state index contributed by atoms with van der Waals surface area (Å²) in [5, 5.41) is 7.38. The zero-order valence-corrected chi connectivity index (χ0v) is 32.8. The molecule has 0 saturated carbocycles. The summed E-state index contributed by atoms with van der Waals surface area (Å²) in [6.07, 6.45) is 1.11. The molecule has 4 aromatic carbocycles. The van der Waals surface area contributed by atoms with Crippen molar-refractivity contribution in [3.63, 3.8) is 0 Å². The molecule has 6 rings (SSSR count). The number of fused-ring (bicyclic) bond motifs is 2. The molecular formula is C39H44N6O4S3. The van der Waals surface area contributed by atoms with E-state index in [1.165, 1.54) is 22.5 Å². The highest BCUT2D eigenvalue weighted by atomic mass is 32.2. The molecule has 0 aliphatic heterocycles. The standard InChI is InChI=1S/C20H23N3O3S2.C19H21N3OS/c1-20(2,3)14-7-5-13(6-8-14)19(24)22-15-9-10-17-16(11-15)23-18(27-17)12-21-28(4,25)26;1-19(2,3)13-6-4-12(5-7-13)18(23)21-14-8-9-16-15(10-14)22-17(11-20)24-16/h5-11,21H,12H2,1-4H3,(H,22,24);4-10H,11,20H2,1-3H3,(H,21,23). The van der Waals surface area contributed by atoms with Crippen LogP contribution in [0.1, 0.15) is 83.4 Å². The Bertz CT molecular complexity index is 2320. The van der Waals surface area contributed by atoms with Gasteiger partial charge in [-0.3, -0.25) is 9.59 Å². The number of anilines is 2. The number of aromatic nitrogens is 2. The molecule has 52 heavy (non-hydrogen) atoms. The van der Waals surface area contributed by atoms with Gasteiger partial charge in [0.15, 0.2) is 0 Å². The van der Waals surface area contributed by atoms with Crippen LogP contribution in [0.15, 0.2) is 84.9 Å². The molecule has 0 atom stereocenters. The van der Waals surface area contributed by atoms with E-state index in [-0.39, 0.29) is 29.2 Å². The van der Waals surface area contributed by atoms with Crippen molar-refractivity contribution in [3.05, 3.63) is 117 Å². The molecule has 13 heteroatoms. The summed E-state index contributed by atoms with van der Waals surface area (Å²) in [5.41, 5.74) is 12.3. The highest BCUT2D eigenvalue weighted by molar-refractivity contribution is 7.88. The number of amides is 2. The molecule has 10 nitrogen and oxygen atoms in total. The molecule has 0 fully saturated rings. The smallest absolute Gasteiger partial charge is 0.255 e. The second-order valence-electron chi connectivity index (χ2n) is 14.4. The van der Waals surface area contributed by atoms with Gasteiger partial charge in [0.1, 0.15) is 10.0 Å². The summed E-state index contributed by atoms with van der Waals surface area (Å²) in [6.45, 7) is 13.4. The van der Waals surface area contributed by atoms with Gasteiger partial charge in [0, 0.05) is 29.0 Å². The van der Waals surface area contributed by atoms with Crippen molar-refractivity contribution in [2.75, 3.05) is 16.9 Å². The lowest BCUT2D eigenvalue weighted by Gasteiger charge is -2.19. The van der Waals surface area contributed by atoms with Crippen molar-refractivity contribution < 1.29 is 18.0 Å². The maximum atomic E-state index is 12.5. The number of sulfonamides is 1. The maximum Gasteiger partial charge on any atom is 0.255 e. The number of benzene rings is 4. The zero-order chi connectivity index (χ0) is 37.8. The van der Waals surface area contributed by atoms with E-state index in [1.807, 2.05) is 78.9 Å². The summed E-state index contributed by atoms with van der Waals surface area (Å²) in [5.74, 6) is -0.307. The Morgan fingerprint density at radius 1 is 0.654 bits per heavy atom. The predicted octanol–water partition coefficient (Wildman–Crippen LogP) is 8.20. The van der Waals surface area contributed by atoms with Crippen molar-refractivity contribution in [2.24, 2.45) is 5.73 Å². The van der Waals surface area contributed by atoms with E-state index in [0.29, 0.717) is 28.4 Å². The van der Waals surface area contributed by atoms with Crippen molar-refractivity contribution in [3.8, 4) is 0 Å². The molecule has 2 heterocycles. The molecule has 2 aromatic heterocycles. The van der Waals surface area contributed by atoms with E-state index >= 15 is 0 Å². The van der Waals surface area contributed by atoms with Crippen molar-refractivity contribution in [2.45, 2.75) is 65.5 Å². The Morgan fingerprint density at radius 3 is 1.44 bits per heavy atom. The molecule has 2 amide bonds. The fourth-order valence-electron chi connectivity index (χ4n) is 5.11. The number of hydrogen-bond donors (Lipinski definition) is 4. The van der Waals surface area contributed by atoms with E-state index in [0.717, 1.165) is 37.4 Å². The first-order valence-corrected chi connectivity index (χ1v) is 20.2. The minimum atomic E-state index is -3.27. The molecule has 0 unspecified atom stereocenters. The maximum absolute atomic E-state index is 12.5. The lowest BCUT2D eigenvalue weighted by atomic mass is 9.86. The highest BCUT2D eigenvalue weighted by Gasteiger charge is 2.16. The Hall–Kier alpha value is -4.53. The summed E-state index contributed by atoms with van der Waals surface area (Å²) in [7, 11) is -3.27. The normalized spacial score (nSPS) is 12.0. The summed E-state index contributed by atoms with van der Waals surface area (Å²) in [4.78, 5) is 33.8. The van der Waals surface area contributed by atoms with Gasteiger partial charge in [0.05, 0.1) is 33.2 Å². The number of nitrogens with two attached hydrogens (primary N) is 1. The number of rotatable bonds is 8. The number of carbonyl (C=O) groups excluding carboxylic acids is 2. The number of hydrogen-bond acceptors (Lipinski definition) is 9. The second kappa shape index (κ2) is 15.6. The zero-order valence-electron chi connectivity index (χ0n) is 30.3. The third kappa shape index (κ3) is 10.3. The van der Waals surface area contributed by atoms with Crippen LogP contribution in [0.5, 0.6) is 0 Å². The molecule has 5 N–H and O–H groups in total. The summed E-state index contributed by atoms with van der Waals surface area (Å²) < 4.78 is 26.9. The monoisotopic (exact) mass is 756 g/mol. The molecule has 272 valence electrons. The number of carbonyl (C=O) groups is 2. The van der Waals surface area contributed by atoms with E-state index < -0.39 is 10.0 Å². The fraction of sp³-hybridized carbons (Fsp3) is 0.282. The summed E-state index contributed by atoms with van der Waals surface area (Å²) in [6, 6.07) is 26.5. The van der Waals surface area contributed by atoms with Crippen LogP contribution in [0, 0.1) is 0 Å². The molecule has 0 aliphatic carbocycles. The van der Waals surface area contributed by atoms with Crippen molar-refractivity contribution >= 4 is 76.3 Å². The molecular weight excluding hydrogens is 713 g/mol. The quantitative estimate of drug-likeness (QED) is 0.122. The van der Waals surface area contributed by atoms with Crippen LogP contribution in [0.4, 0.5) is 11.4 Å². The third-order valence-electron chi connectivity index (χ3n) is 8.07. The van der Waals surface area contributed by atoms with E-state index in [9.17, 15) is 18.0 Å². The molecule has 0 spiro atoms. The second-order valence-corrected chi connectivity index (χ2v) is 18.5. The Kier molecular flexibility index (Phi) is 11.6. The number of nitrogens with one attached hydrogen (secondary N) is 3. The Balaban J connectivity index is 0.000000203. The predicted molar refractivity (Wildman–Crippen MR) is 215 cm³/mol. The summed E-state index contributed by atoms with van der Waals surface area (Å²) >= 11 is 2.99. The van der Waals surface area contributed by atoms with E-state index in [4.69, 9.17) is 5.73 Å². The Morgan fingerprint density at radius 2 is 1.06 bits per heavy atom. The van der Waals surface area contributed by atoms with Crippen LogP contribution in [0.2, 0.25) is 0 Å². The van der Waals surface area contributed by atoms with Gasteiger partial charge in [-0.15, -0.1) is 22.7 Å². The van der Waals surface area contributed by atoms with Gasteiger partial charge >= 0.3 is 0 Å². The average molecular weight is 757 g/mol. The minimum Gasteiger partial charge on any atom is -0.325 e. The molecule has 0 radical (unpaired) electrons. The van der Waals surface area contributed by atoms with Crippen LogP contribution in [-0.2, 0) is 33.9 Å². The van der Waals surface area contributed by atoms with Crippen molar-refractivity contribution in [1.29, 1.82) is 0 Å². The number of nitrogens with zero attached hydrogens (tertiary/aromatic N) is 2. The lowest BCUT2D eigenvalue weighted by molar-refractivity contribution is 0.101. The minimum absolute atomic E-state index is 0.0360. The molecule has 0 aliphatic rings. The van der Waals surface area contributed by atoms with Crippen LogP contribution in [0.3, 0.4) is 0 Å². The van der Waals surface area contributed by atoms with Gasteiger partial charge in [-0.05, 0) is 82.6 Å². The van der Waals surface area contributed by atoms with Gasteiger partial charge in [-0.1, -0.05) is 65.8 Å². The first-order valence-electron chi connectivity index (χ1n) is 16.7. The van der Waals surface area contributed by atoms with E-state index in [2.05, 4.69) is 66.9 Å². The van der Waals surface area contributed by atoms with Crippen molar-refractivity contribution in [1.82, 2.24) is 14.7 Å². The van der Waals surface area contributed by atoms with E-state index in [1.54, 1.807) is 17.4 Å². The van der Waals surface area contributed by atoms with Crippen LogP contribution < -0.4 is 21.1 Å². The van der Waals surface area contributed by atoms with Gasteiger partial charge in [-0.25, -0.2) is 23.1 Å². The van der Waals surface area contributed by atoms with Gasteiger partial charge in [0.2, 0.25) is 10.0 Å². The first kappa shape index (κ1) is 38.7. The molecule has 0 saturated heterocycles. The van der Waals surface area contributed by atoms with Crippen LogP contribution in [-0.4, -0.2) is 36.5 Å². The lowest BCUT2D eigenvalue weighted by Crippen LogP contribution is -2.20. The van der Waals surface area contributed by atoms with Gasteiger partial charge in [0.25, 0.3) is 11.8 Å². The SMILES string of the molecule is CC(C)(C)c1ccc(C(=O)Nc2ccc3sc(CN)nc3c2)cc1.CC(C)(C)c1ccc(C(=O)Nc2ccc3sc(CNS(C)(=O)=O)nc3c2)cc1. The van der Waals surface area contributed by atoms with Crippen LogP contribution in [0.25, 0.3) is 20.4 Å². The van der Waals surface area contributed by atoms with Gasteiger partial charge < -0.3 is 16.4 Å². The molecule has 6 aromatic rings. The van der Waals surface area contributed by atoms with Gasteiger partial charge in [-0.2, -0.15) is 0 Å². The fourth-order valence-corrected chi connectivity index (χ4v) is 7.32. The molecule has 0 bridgehead atoms. The number of thiazole rings is 2. The average Bonchev–Trinajstić information content (AvgIpc) is 3.70. The Labute approximate surface area is 313 Å².